The molecule has 0 saturated carbocycles. The van der Waals surface area contributed by atoms with Crippen LogP contribution < -0.4 is 11.1 Å². The molecular formula is C16H17FN2O. The highest BCUT2D eigenvalue weighted by molar-refractivity contribution is 5.90. The second-order valence-corrected chi connectivity index (χ2v) is 4.71. The molecule has 20 heavy (non-hydrogen) atoms. The predicted molar refractivity (Wildman–Crippen MR) is 78.9 cm³/mol. The Labute approximate surface area is 117 Å². The average Bonchev–Trinajstić information content (AvgIpc) is 2.42. The number of carbonyl (C=O) groups is 1. The van der Waals surface area contributed by atoms with Crippen molar-refractivity contribution in [2.45, 2.75) is 19.8 Å². The molecule has 0 aromatic heterocycles. The van der Waals surface area contributed by atoms with Gasteiger partial charge >= 0.3 is 0 Å². The first kappa shape index (κ1) is 14.1. The predicted octanol–water partition coefficient (Wildman–Crippen LogP) is 3.29. The maximum Gasteiger partial charge on any atom is 0.224 e. The van der Waals surface area contributed by atoms with E-state index in [-0.39, 0.29) is 11.7 Å². The smallest absolute Gasteiger partial charge is 0.224 e. The summed E-state index contributed by atoms with van der Waals surface area (Å²) in [5.74, 6) is -0.480. The number of halogens is 1. The topological polar surface area (TPSA) is 55.1 Å². The van der Waals surface area contributed by atoms with E-state index in [1.165, 1.54) is 6.07 Å². The third-order valence-electron chi connectivity index (χ3n) is 3.13. The molecule has 1 amide bonds. The molecule has 3 N–H and O–H groups in total. The van der Waals surface area contributed by atoms with Gasteiger partial charge in [0.1, 0.15) is 5.82 Å². The molecule has 3 nitrogen and oxygen atoms in total. The van der Waals surface area contributed by atoms with E-state index in [0.717, 1.165) is 5.56 Å². The molecule has 0 bridgehead atoms. The van der Waals surface area contributed by atoms with E-state index in [1.807, 2.05) is 24.3 Å². The van der Waals surface area contributed by atoms with Gasteiger partial charge in [0.05, 0.1) is 0 Å². The maximum absolute atomic E-state index is 13.4. The first-order valence-electron chi connectivity index (χ1n) is 6.45. The number of nitrogens with two attached hydrogens (primary N) is 1. The number of rotatable bonds is 4. The monoisotopic (exact) mass is 272 g/mol. The van der Waals surface area contributed by atoms with Crippen molar-refractivity contribution in [3.05, 3.63) is 59.4 Å². The lowest BCUT2D eigenvalue weighted by molar-refractivity contribution is -0.116. The van der Waals surface area contributed by atoms with Crippen molar-refractivity contribution >= 4 is 17.3 Å². The van der Waals surface area contributed by atoms with Gasteiger partial charge in [0.25, 0.3) is 0 Å². The summed E-state index contributed by atoms with van der Waals surface area (Å²) >= 11 is 0. The number of nitrogen functional groups attached to an aromatic ring is 1. The lowest BCUT2D eigenvalue weighted by atomic mass is 10.1. The normalized spacial score (nSPS) is 10.3. The van der Waals surface area contributed by atoms with Crippen molar-refractivity contribution in [1.29, 1.82) is 0 Å². The summed E-state index contributed by atoms with van der Waals surface area (Å²) in [4.78, 5) is 11.8. The van der Waals surface area contributed by atoms with Crippen LogP contribution in [0.25, 0.3) is 0 Å². The summed E-state index contributed by atoms with van der Waals surface area (Å²) in [7, 11) is 0. The maximum atomic E-state index is 13.4. The standard InChI is InChI=1S/C16H17FN2O/c1-11-6-8-13(10-14(11)17)19-16(20)9-7-12-4-2-3-5-15(12)18/h2-6,8,10H,7,9,18H2,1H3,(H,19,20). The molecule has 0 aliphatic rings. The van der Waals surface area contributed by atoms with Gasteiger partial charge < -0.3 is 11.1 Å². The molecule has 2 aromatic rings. The largest absolute Gasteiger partial charge is 0.399 e. The Kier molecular flexibility index (Phi) is 4.35. The Bertz CT molecular complexity index is 626. The van der Waals surface area contributed by atoms with E-state index in [1.54, 1.807) is 19.1 Å². The quantitative estimate of drug-likeness (QED) is 0.839. The number of hydrogen-bond donors (Lipinski definition) is 2. The second kappa shape index (κ2) is 6.19. The number of amides is 1. The third-order valence-corrected chi connectivity index (χ3v) is 3.13. The summed E-state index contributed by atoms with van der Waals surface area (Å²) < 4.78 is 13.4. The molecule has 4 heteroatoms. The van der Waals surface area contributed by atoms with Crippen LogP contribution in [-0.2, 0) is 11.2 Å². The molecule has 0 saturated heterocycles. The van der Waals surface area contributed by atoms with E-state index in [0.29, 0.717) is 29.8 Å². The molecule has 104 valence electrons. The fourth-order valence-corrected chi connectivity index (χ4v) is 1.90. The number of anilines is 2. The first-order valence-corrected chi connectivity index (χ1v) is 6.45. The molecule has 0 atom stereocenters. The highest BCUT2D eigenvalue weighted by atomic mass is 19.1. The van der Waals surface area contributed by atoms with Crippen molar-refractivity contribution < 1.29 is 9.18 Å². The molecule has 0 unspecified atom stereocenters. The van der Waals surface area contributed by atoms with E-state index in [9.17, 15) is 9.18 Å². The Balaban J connectivity index is 1.93. The van der Waals surface area contributed by atoms with Gasteiger partial charge in [-0.2, -0.15) is 0 Å². The number of hydrogen-bond acceptors (Lipinski definition) is 2. The van der Waals surface area contributed by atoms with Gasteiger partial charge in [-0.25, -0.2) is 4.39 Å². The van der Waals surface area contributed by atoms with Crippen LogP contribution in [0.15, 0.2) is 42.5 Å². The number of benzene rings is 2. The Morgan fingerprint density at radius 1 is 1.25 bits per heavy atom. The first-order chi connectivity index (χ1) is 9.56. The number of aryl methyl sites for hydroxylation is 2. The molecule has 0 heterocycles. The van der Waals surface area contributed by atoms with Crippen LogP contribution in [0.5, 0.6) is 0 Å². The van der Waals surface area contributed by atoms with Gasteiger partial charge in [-0.3, -0.25) is 4.79 Å². The zero-order chi connectivity index (χ0) is 14.5. The number of carbonyl (C=O) groups excluding carboxylic acids is 1. The lowest BCUT2D eigenvalue weighted by Gasteiger charge is -2.07. The molecular weight excluding hydrogens is 255 g/mol. The van der Waals surface area contributed by atoms with Crippen LogP contribution in [0.3, 0.4) is 0 Å². The molecule has 0 fully saturated rings. The zero-order valence-corrected chi connectivity index (χ0v) is 11.3. The summed E-state index contributed by atoms with van der Waals surface area (Å²) in [5.41, 5.74) is 8.47. The van der Waals surface area contributed by atoms with Crippen molar-refractivity contribution in [3.8, 4) is 0 Å². The summed E-state index contributed by atoms with van der Waals surface area (Å²) in [5, 5.41) is 2.68. The summed E-state index contributed by atoms with van der Waals surface area (Å²) in [6.07, 6.45) is 0.872. The van der Waals surface area contributed by atoms with E-state index in [2.05, 4.69) is 5.32 Å². The van der Waals surface area contributed by atoms with E-state index >= 15 is 0 Å². The number of nitrogens with one attached hydrogen (secondary N) is 1. The van der Waals surface area contributed by atoms with Gasteiger partial charge in [-0.05, 0) is 42.7 Å². The van der Waals surface area contributed by atoms with Crippen LogP contribution in [0.2, 0.25) is 0 Å². The Morgan fingerprint density at radius 2 is 2.00 bits per heavy atom. The minimum Gasteiger partial charge on any atom is -0.399 e. The minimum absolute atomic E-state index is 0.156. The summed E-state index contributed by atoms with van der Waals surface area (Å²) in [6, 6.07) is 12.1. The SMILES string of the molecule is Cc1ccc(NC(=O)CCc2ccccc2N)cc1F. The van der Waals surface area contributed by atoms with Crippen LogP contribution in [0.4, 0.5) is 15.8 Å². The van der Waals surface area contributed by atoms with E-state index < -0.39 is 0 Å². The zero-order valence-electron chi connectivity index (χ0n) is 11.3. The number of para-hydroxylation sites is 1. The van der Waals surface area contributed by atoms with Crippen LogP contribution in [0.1, 0.15) is 17.5 Å². The molecule has 0 radical (unpaired) electrons. The highest BCUT2D eigenvalue weighted by Crippen LogP contribution is 2.15. The summed E-state index contributed by atoms with van der Waals surface area (Å²) in [6.45, 7) is 1.68. The van der Waals surface area contributed by atoms with Crippen molar-refractivity contribution in [3.63, 3.8) is 0 Å². The van der Waals surface area contributed by atoms with Crippen molar-refractivity contribution in [2.75, 3.05) is 11.1 Å². The van der Waals surface area contributed by atoms with Gasteiger partial charge in [-0.15, -0.1) is 0 Å². The fourth-order valence-electron chi connectivity index (χ4n) is 1.90. The van der Waals surface area contributed by atoms with Crippen LogP contribution >= 0.6 is 0 Å². The van der Waals surface area contributed by atoms with Gasteiger partial charge in [0.2, 0.25) is 5.91 Å². The van der Waals surface area contributed by atoms with Crippen LogP contribution in [-0.4, -0.2) is 5.91 Å². The van der Waals surface area contributed by atoms with Crippen molar-refractivity contribution in [1.82, 2.24) is 0 Å². The highest BCUT2D eigenvalue weighted by Gasteiger charge is 2.06. The fraction of sp³-hybridized carbons (Fsp3) is 0.188. The molecule has 2 aromatic carbocycles. The Morgan fingerprint density at radius 3 is 2.70 bits per heavy atom. The van der Waals surface area contributed by atoms with E-state index in [4.69, 9.17) is 5.73 Å². The van der Waals surface area contributed by atoms with Crippen LogP contribution in [0, 0.1) is 12.7 Å². The van der Waals surface area contributed by atoms with Gasteiger partial charge in [0, 0.05) is 17.8 Å². The molecule has 0 aliphatic heterocycles. The minimum atomic E-state index is -0.324. The van der Waals surface area contributed by atoms with Gasteiger partial charge in [0.15, 0.2) is 0 Å². The molecule has 0 spiro atoms. The third kappa shape index (κ3) is 3.57. The lowest BCUT2D eigenvalue weighted by Crippen LogP contribution is -2.13. The van der Waals surface area contributed by atoms with Gasteiger partial charge in [-0.1, -0.05) is 24.3 Å². The molecule has 0 aliphatic carbocycles. The van der Waals surface area contributed by atoms with Crippen molar-refractivity contribution in [2.24, 2.45) is 0 Å². The molecule has 2 rings (SSSR count). The average molecular weight is 272 g/mol. The Hall–Kier alpha value is -2.36. The second-order valence-electron chi connectivity index (χ2n) is 4.71.